The van der Waals surface area contributed by atoms with Gasteiger partial charge in [-0.3, -0.25) is 0 Å². The summed E-state index contributed by atoms with van der Waals surface area (Å²) in [5.41, 5.74) is 1.15. The van der Waals surface area contributed by atoms with E-state index in [4.69, 9.17) is 0 Å². The molecule has 0 unspecified atom stereocenters. The summed E-state index contributed by atoms with van der Waals surface area (Å²) in [6.45, 7) is 0. The fourth-order valence-electron chi connectivity index (χ4n) is 1.08. The summed E-state index contributed by atoms with van der Waals surface area (Å²) in [7, 11) is 0. The summed E-state index contributed by atoms with van der Waals surface area (Å²) < 4.78 is 14.0. The molecule has 0 radical (unpaired) electrons. The van der Waals surface area contributed by atoms with Gasteiger partial charge >= 0.3 is 72.0 Å². The van der Waals surface area contributed by atoms with Crippen molar-refractivity contribution in [2.24, 2.45) is 0 Å². The Balaban J connectivity index is 2.66. The van der Waals surface area contributed by atoms with Crippen LogP contribution in [0.2, 0.25) is 9.88 Å². The topological polar surface area (TPSA) is 0 Å². The summed E-state index contributed by atoms with van der Waals surface area (Å²) in [6.07, 6.45) is 0. The number of hydrogen-bond donors (Lipinski definition) is 0. The first-order chi connectivity index (χ1) is 5.08. The average Bonchev–Trinajstić information content (AvgIpc) is 1.85. The van der Waals surface area contributed by atoms with Gasteiger partial charge in [-0.15, -0.1) is 0 Å². The van der Waals surface area contributed by atoms with Gasteiger partial charge in [-0.1, -0.05) is 0 Å². The van der Waals surface area contributed by atoms with Crippen molar-refractivity contribution in [3.63, 3.8) is 0 Å². The molecular formula is C9H13FSn. The maximum atomic E-state index is 13.3. The summed E-state index contributed by atoms with van der Waals surface area (Å²) >= 11 is -3.06. The molecule has 0 fully saturated rings. The molecule has 0 heterocycles. The Morgan fingerprint density at radius 1 is 1.18 bits per heavy atom. The van der Waals surface area contributed by atoms with Crippen LogP contribution >= 0.6 is 0 Å². The Hall–Kier alpha value is -0.0513. The van der Waals surface area contributed by atoms with Crippen molar-refractivity contribution in [1.82, 2.24) is 0 Å². The summed E-state index contributed by atoms with van der Waals surface area (Å²) in [5, 5.41) is 0. The Bertz CT molecular complexity index is 213. The Morgan fingerprint density at radius 2 is 1.73 bits per heavy atom. The van der Waals surface area contributed by atoms with Crippen LogP contribution in [0.25, 0.3) is 0 Å². The van der Waals surface area contributed by atoms with Gasteiger partial charge in [0, 0.05) is 0 Å². The Labute approximate surface area is 72.1 Å². The molecular weight excluding hydrogens is 246 g/mol. The van der Waals surface area contributed by atoms with E-state index in [0.29, 0.717) is 4.44 Å². The molecule has 0 aromatic heterocycles. The van der Waals surface area contributed by atoms with E-state index in [1.165, 1.54) is 0 Å². The third-order valence-electron chi connectivity index (χ3n) is 1.47. The van der Waals surface area contributed by atoms with Gasteiger partial charge in [0.25, 0.3) is 0 Å². The normalized spacial score (nSPS) is 11.5. The number of hydrogen-bond acceptors (Lipinski definition) is 0. The van der Waals surface area contributed by atoms with Crippen molar-refractivity contribution in [1.29, 1.82) is 0 Å². The van der Waals surface area contributed by atoms with E-state index in [0.717, 1.165) is 5.56 Å². The molecule has 1 aromatic rings. The monoisotopic (exact) mass is 260 g/mol. The van der Waals surface area contributed by atoms with Crippen LogP contribution in [0.1, 0.15) is 5.56 Å². The van der Waals surface area contributed by atoms with Crippen molar-refractivity contribution >= 4 is 18.9 Å². The number of benzene rings is 1. The van der Waals surface area contributed by atoms with E-state index in [1.54, 1.807) is 0 Å². The molecule has 0 spiro atoms. The Morgan fingerprint density at radius 3 is 2.18 bits per heavy atom. The molecule has 0 atom stereocenters. The van der Waals surface area contributed by atoms with Crippen LogP contribution in [0.5, 0.6) is 0 Å². The van der Waals surface area contributed by atoms with E-state index in [9.17, 15) is 2.87 Å². The molecule has 0 aliphatic heterocycles. The van der Waals surface area contributed by atoms with Gasteiger partial charge in [-0.05, 0) is 0 Å². The molecule has 0 nitrogen and oxygen atoms in total. The summed E-state index contributed by atoms with van der Waals surface area (Å²) in [4.78, 5) is 3.61. The zero-order valence-electron chi connectivity index (χ0n) is 6.97. The summed E-state index contributed by atoms with van der Waals surface area (Å²) in [6, 6.07) is 9.89. The van der Waals surface area contributed by atoms with Gasteiger partial charge in [0.15, 0.2) is 0 Å². The second kappa shape index (κ2) is 3.57. The maximum absolute atomic E-state index is 13.3. The zero-order valence-corrected chi connectivity index (χ0v) is 9.83. The van der Waals surface area contributed by atoms with Gasteiger partial charge in [-0.25, -0.2) is 0 Å². The number of halogens is 1. The van der Waals surface area contributed by atoms with Crippen LogP contribution in [0.15, 0.2) is 30.3 Å². The van der Waals surface area contributed by atoms with E-state index in [-0.39, 0.29) is 0 Å². The van der Waals surface area contributed by atoms with E-state index in [2.05, 4.69) is 0 Å². The molecule has 0 saturated heterocycles. The van der Waals surface area contributed by atoms with Crippen LogP contribution in [0.4, 0.5) is 2.87 Å². The standard InChI is InChI=1S/C7H7.2CH3.FH.Sn/c1-7-5-3-2-4-6-7;;;;/h2-6H,1H2;2*1H3;1H;/q;;;;+1/p-1. The van der Waals surface area contributed by atoms with Gasteiger partial charge in [0.2, 0.25) is 0 Å². The second-order valence-corrected chi connectivity index (χ2v) is 14.2. The zero-order chi connectivity index (χ0) is 8.32. The van der Waals surface area contributed by atoms with Gasteiger partial charge in [0.1, 0.15) is 0 Å². The third kappa shape index (κ3) is 3.75. The molecule has 1 aromatic carbocycles. The first kappa shape index (κ1) is 9.04. The van der Waals surface area contributed by atoms with Crippen LogP contribution in [0, 0.1) is 0 Å². The average molecular weight is 259 g/mol. The molecule has 1 rings (SSSR count). The van der Waals surface area contributed by atoms with Crippen LogP contribution in [-0.2, 0) is 4.44 Å². The fourth-order valence-corrected chi connectivity index (χ4v) is 4.52. The van der Waals surface area contributed by atoms with Crippen molar-refractivity contribution in [3.05, 3.63) is 35.9 Å². The molecule has 2 heteroatoms. The second-order valence-electron chi connectivity index (χ2n) is 3.38. The van der Waals surface area contributed by atoms with Crippen molar-refractivity contribution in [2.75, 3.05) is 0 Å². The van der Waals surface area contributed by atoms with Crippen LogP contribution < -0.4 is 0 Å². The quantitative estimate of drug-likeness (QED) is 0.716. The third-order valence-corrected chi connectivity index (χ3v) is 5.03. The molecule has 11 heavy (non-hydrogen) atoms. The molecule has 0 saturated carbocycles. The van der Waals surface area contributed by atoms with Crippen molar-refractivity contribution < 1.29 is 2.87 Å². The molecule has 60 valence electrons. The predicted octanol–water partition coefficient (Wildman–Crippen LogP) is 2.94. The van der Waals surface area contributed by atoms with Crippen molar-refractivity contribution in [2.45, 2.75) is 14.3 Å². The van der Waals surface area contributed by atoms with Crippen LogP contribution in [0.3, 0.4) is 0 Å². The van der Waals surface area contributed by atoms with Gasteiger partial charge in [0.05, 0.1) is 0 Å². The number of rotatable bonds is 2. The minimum atomic E-state index is -3.06. The van der Waals surface area contributed by atoms with E-state index >= 15 is 0 Å². The van der Waals surface area contributed by atoms with Gasteiger partial charge < -0.3 is 0 Å². The Kier molecular flexibility index (Phi) is 2.93. The molecule has 0 N–H and O–H groups in total. The van der Waals surface area contributed by atoms with E-state index in [1.807, 2.05) is 40.2 Å². The first-order valence-corrected chi connectivity index (χ1v) is 12.6. The fraction of sp³-hybridized carbons (Fsp3) is 0.333. The molecule has 0 amide bonds. The van der Waals surface area contributed by atoms with Crippen LogP contribution in [-0.4, -0.2) is 18.9 Å². The molecule has 0 aliphatic carbocycles. The molecule has 0 bridgehead atoms. The minimum absolute atomic E-state index is 0.704. The molecule has 0 aliphatic rings. The van der Waals surface area contributed by atoms with E-state index < -0.39 is 18.9 Å². The van der Waals surface area contributed by atoms with Crippen molar-refractivity contribution in [3.8, 4) is 0 Å². The summed E-state index contributed by atoms with van der Waals surface area (Å²) in [5.74, 6) is 0. The predicted molar refractivity (Wildman–Crippen MR) is 48.7 cm³/mol. The SMILES string of the molecule is [CH3][Sn]([CH3])([F])[CH2]c1ccccc1. The van der Waals surface area contributed by atoms with Gasteiger partial charge in [-0.2, -0.15) is 0 Å². The first-order valence-electron chi connectivity index (χ1n) is 3.81.